The summed E-state index contributed by atoms with van der Waals surface area (Å²) in [5, 5.41) is 5.73. The molecular weight excluding hydrogens is 403 g/mol. The average molecular weight is 423 g/mol. The van der Waals surface area contributed by atoms with Crippen molar-refractivity contribution in [3.8, 4) is 5.75 Å². The Hall–Kier alpha value is -1.90. The van der Waals surface area contributed by atoms with Gasteiger partial charge in [-0.1, -0.05) is 6.07 Å². The molecule has 0 aliphatic heterocycles. The summed E-state index contributed by atoms with van der Waals surface area (Å²) in [7, 11) is 0. The molecule has 27 heavy (non-hydrogen) atoms. The first-order valence-electron chi connectivity index (χ1n) is 8.35. The standard InChI is InChI=1S/C19H19FN2O2S3/c1-13-18(19(23)21-8-10-25-12-16-3-2-9-26-16)27-17(22-13)11-24-15-6-4-14(20)5-7-15/h2-7,9H,8,10-12H2,1H3,(H,21,23). The van der Waals surface area contributed by atoms with E-state index in [4.69, 9.17) is 4.74 Å². The predicted octanol–water partition coefficient (Wildman–Crippen LogP) is 4.89. The van der Waals surface area contributed by atoms with Crippen LogP contribution in [0.25, 0.3) is 0 Å². The molecule has 1 amide bonds. The van der Waals surface area contributed by atoms with Crippen molar-refractivity contribution in [1.82, 2.24) is 10.3 Å². The van der Waals surface area contributed by atoms with Gasteiger partial charge in [0.2, 0.25) is 0 Å². The third kappa shape index (κ3) is 6.05. The topological polar surface area (TPSA) is 51.2 Å². The quantitative estimate of drug-likeness (QED) is 0.499. The second-order valence-corrected chi connectivity index (χ2v) is 8.87. The predicted molar refractivity (Wildman–Crippen MR) is 110 cm³/mol. The number of halogens is 1. The Morgan fingerprint density at radius 1 is 1.30 bits per heavy atom. The number of thiophene rings is 1. The second-order valence-electron chi connectivity index (χ2n) is 5.65. The summed E-state index contributed by atoms with van der Waals surface area (Å²) >= 11 is 4.87. The molecule has 1 N–H and O–H groups in total. The van der Waals surface area contributed by atoms with Gasteiger partial charge in [0.25, 0.3) is 5.91 Å². The van der Waals surface area contributed by atoms with Gasteiger partial charge in [0.1, 0.15) is 28.1 Å². The molecule has 0 fully saturated rings. The molecule has 142 valence electrons. The van der Waals surface area contributed by atoms with Crippen molar-refractivity contribution in [1.29, 1.82) is 0 Å². The van der Waals surface area contributed by atoms with Crippen LogP contribution in [-0.2, 0) is 12.4 Å². The summed E-state index contributed by atoms with van der Waals surface area (Å²) in [4.78, 5) is 18.7. The number of hydrogen-bond acceptors (Lipinski definition) is 6. The highest BCUT2D eigenvalue weighted by molar-refractivity contribution is 7.98. The minimum absolute atomic E-state index is 0.102. The first-order valence-corrected chi connectivity index (χ1v) is 11.2. The zero-order chi connectivity index (χ0) is 19.1. The number of nitrogens with one attached hydrogen (secondary N) is 1. The number of rotatable bonds is 9. The van der Waals surface area contributed by atoms with Gasteiger partial charge in [0.15, 0.2) is 0 Å². The molecule has 0 saturated heterocycles. The van der Waals surface area contributed by atoms with Gasteiger partial charge < -0.3 is 10.1 Å². The van der Waals surface area contributed by atoms with Crippen LogP contribution >= 0.6 is 34.4 Å². The van der Waals surface area contributed by atoms with Gasteiger partial charge in [-0.2, -0.15) is 11.8 Å². The van der Waals surface area contributed by atoms with Crippen molar-refractivity contribution in [2.75, 3.05) is 12.3 Å². The third-order valence-electron chi connectivity index (χ3n) is 3.58. The summed E-state index contributed by atoms with van der Waals surface area (Å²) in [6.07, 6.45) is 0. The highest BCUT2D eigenvalue weighted by atomic mass is 32.2. The first kappa shape index (κ1) is 19.9. The van der Waals surface area contributed by atoms with Gasteiger partial charge >= 0.3 is 0 Å². The monoisotopic (exact) mass is 422 g/mol. The molecule has 0 unspecified atom stereocenters. The second kappa shape index (κ2) is 9.87. The van der Waals surface area contributed by atoms with E-state index in [1.807, 2.05) is 13.0 Å². The molecular formula is C19H19FN2O2S3. The number of hydrogen-bond donors (Lipinski definition) is 1. The van der Waals surface area contributed by atoms with Crippen LogP contribution in [0.5, 0.6) is 5.75 Å². The Balaban J connectivity index is 1.43. The van der Waals surface area contributed by atoms with Gasteiger partial charge in [0.05, 0.1) is 5.69 Å². The average Bonchev–Trinajstić information content (AvgIpc) is 3.30. The fourth-order valence-electron chi connectivity index (χ4n) is 2.29. The molecule has 0 atom stereocenters. The van der Waals surface area contributed by atoms with Crippen molar-refractivity contribution in [3.63, 3.8) is 0 Å². The van der Waals surface area contributed by atoms with Crippen molar-refractivity contribution in [2.45, 2.75) is 19.3 Å². The number of thioether (sulfide) groups is 1. The number of amides is 1. The Morgan fingerprint density at radius 2 is 2.11 bits per heavy atom. The Bertz CT molecular complexity index is 864. The highest BCUT2D eigenvalue weighted by Gasteiger charge is 2.15. The molecule has 2 heterocycles. The molecule has 1 aromatic carbocycles. The van der Waals surface area contributed by atoms with E-state index in [1.54, 1.807) is 35.2 Å². The normalized spacial score (nSPS) is 10.7. The SMILES string of the molecule is Cc1nc(COc2ccc(F)cc2)sc1C(=O)NCCSCc1cccs1. The van der Waals surface area contributed by atoms with E-state index in [-0.39, 0.29) is 18.3 Å². The molecule has 0 aliphatic rings. The molecule has 3 aromatic rings. The number of thiazole rings is 1. The van der Waals surface area contributed by atoms with Gasteiger partial charge in [-0.3, -0.25) is 4.79 Å². The Labute approximate surface area is 169 Å². The zero-order valence-electron chi connectivity index (χ0n) is 14.7. The first-order chi connectivity index (χ1) is 13.1. The maximum absolute atomic E-state index is 12.9. The van der Waals surface area contributed by atoms with E-state index < -0.39 is 0 Å². The zero-order valence-corrected chi connectivity index (χ0v) is 17.2. The van der Waals surface area contributed by atoms with E-state index >= 15 is 0 Å². The molecule has 4 nitrogen and oxygen atoms in total. The fourth-order valence-corrected chi connectivity index (χ4v) is 4.88. The lowest BCUT2D eigenvalue weighted by Gasteiger charge is -2.04. The Kier molecular flexibility index (Phi) is 7.25. The smallest absolute Gasteiger partial charge is 0.263 e. The minimum Gasteiger partial charge on any atom is -0.486 e. The molecule has 0 aliphatic carbocycles. The number of ether oxygens (including phenoxy) is 1. The van der Waals surface area contributed by atoms with Crippen molar-refractivity contribution >= 4 is 40.3 Å². The maximum atomic E-state index is 12.9. The molecule has 0 bridgehead atoms. The molecule has 0 radical (unpaired) electrons. The Morgan fingerprint density at radius 3 is 2.85 bits per heavy atom. The van der Waals surface area contributed by atoms with Crippen LogP contribution in [0.15, 0.2) is 41.8 Å². The summed E-state index contributed by atoms with van der Waals surface area (Å²) in [6.45, 7) is 2.69. The number of carbonyl (C=O) groups is 1. The lowest BCUT2D eigenvalue weighted by molar-refractivity contribution is 0.0959. The van der Waals surface area contributed by atoms with Crippen LogP contribution in [0.2, 0.25) is 0 Å². The fraction of sp³-hybridized carbons (Fsp3) is 0.263. The van der Waals surface area contributed by atoms with Crippen LogP contribution in [0.1, 0.15) is 25.3 Å². The minimum atomic E-state index is -0.306. The summed E-state index contributed by atoms with van der Waals surface area (Å²) in [5.41, 5.74) is 0.696. The number of benzene rings is 1. The largest absolute Gasteiger partial charge is 0.486 e. The van der Waals surface area contributed by atoms with Crippen LogP contribution < -0.4 is 10.1 Å². The lowest BCUT2D eigenvalue weighted by Crippen LogP contribution is -2.25. The third-order valence-corrected chi connectivity index (χ3v) is 6.78. The number of carbonyl (C=O) groups excluding carboxylic acids is 1. The van der Waals surface area contributed by atoms with Gasteiger partial charge in [-0.05, 0) is 42.6 Å². The van der Waals surface area contributed by atoms with Crippen LogP contribution in [0.4, 0.5) is 4.39 Å². The van der Waals surface area contributed by atoms with Gasteiger partial charge in [-0.15, -0.1) is 22.7 Å². The molecule has 8 heteroatoms. The van der Waals surface area contributed by atoms with E-state index in [9.17, 15) is 9.18 Å². The van der Waals surface area contributed by atoms with Crippen LogP contribution in [0, 0.1) is 12.7 Å². The van der Waals surface area contributed by atoms with Crippen LogP contribution in [-0.4, -0.2) is 23.2 Å². The van der Waals surface area contributed by atoms with Crippen LogP contribution in [0.3, 0.4) is 0 Å². The summed E-state index contributed by atoms with van der Waals surface area (Å²) in [5.74, 6) is 1.99. The summed E-state index contributed by atoms with van der Waals surface area (Å²) in [6, 6.07) is 9.99. The molecule has 0 spiro atoms. The van der Waals surface area contributed by atoms with Crippen molar-refractivity contribution < 1.29 is 13.9 Å². The van der Waals surface area contributed by atoms with Crippen molar-refractivity contribution in [2.24, 2.45) is 0 Å². The van der Waals surface area contributed by atoms with Gasteiger partial charge in [0, 0.05) is 22.9 Å². The summed E-state index contributed by atoms with van der Waals surface area (Å²) < 4.78 is 18.5. The van der Waals surface area contributed by atoms with E-state index in [1.165, 1.54) is 28.3 Å². The number of nitrogens with zero attached hydrogens (tertiary/aromatic N) is 1. The lowest BCUT2D eigenvalue weighted by atomic mass is 10.3. The number of aryl methyl sites for hydroxylation is 1. The van der Waals surface area contributed by atoms with Crippen molar-refractivity contribution in [3.05, 3.63) is 68.1 Å². The molecule has 2 aromatic heterocycles. The highest BCUT2D eigenvalue weighted by Crippen LogP contribution is 2.21. The van der Waals surface area contributed by atoms with E-state index in [0.29, 0.717) is 27.9 Å². The van der Waals surface area contributed by atoms with E-state index in [2.05, 4.69) is 21.7 Å². The maximum Gasteiger partial charge on any atom is 0.263 e. The number of aromatic nitrogens is 1. The molecule has 0 saturated carbocycles. The van der Waals surface area contributed by atoms with Gasteiger partial charge in [-0.25, -0.2) is 9.37 Å². The van der Waals surface area contributed by atoms with E-state index in [0.717, 1.165) is 11.5 Å². The molecule has 3 rings (SSSR count).